The third kappa shape index (κ3) is 2.96. The molecule has 1 N–H and O–H groups in total. The first-order valence-electron chi connectivity index (χ1n) is 6.08. The van der Waals surface area contributed by atoms with E-state index in [4.69, 9.17) is 0 Å². The molecule has 0 heterocycles. The third-order valence-corrected chi connectivity index (χ3v) is 3.97. The summed E-state index contributed by atoms with van der Waals surface area (Å²) in [4.78, 5) is 2.58. The van der Waals surface area contributed by atoms with Gasteiger partial charge in [0, 0.05) is 18.1 Å². The zero-order chi connectivity index (χ0) is 10.6. The summed E-state index contributed by atoms with van der Waals surface area (Å²) >= 11 is 0. The summed E-state index contributed by atoms with van der Waals surface area (Å²) < 4.78 is 0. The van der Waals surface area contributed by atoms with Crippen molar-refractivity contribution in [3.63, 3.8) is 0 Å². The van der Waals surface area contributed by atoms with Gasteiger partial charge in [0.1, 0.15) is 0 Å². The van der Waals surface area contributed by atoms with Gasteiger partial charge in [-0.25, -0.2) is 0 Å². The quantitative estimate of drug-likeness (QED) is 0.745. The van der Waals surface area contributed by atoms with Crippen LogP contribution in [0.15, 0.2) is 0 Å². The Hall–Kier alpha value is -0.0800. The maximum atomic E-state index is 3.39. The zero-order valence-electron chi connectivity index (χ0n) is 10.2. The maximum Gasteiger partial charge on any atom is 0.00961 e. The Labute approximate surface area is 89.1 Å². The van der Waals surface area contributed by atoms with Crippen molar-refractivity contribution in [1.29, 1.82) is 0 Å². The van der Waals surface area contributed by atoms with Crippen molar-refractivity contribution < 1.29 is 0 Å². The average Bonchev–Trinajstić information content (AvgIpc) is 2.27. The highest BCUT2D eigenvalue weighted by Crippen LogP contribution is 2.23. The van der Waals surface area contributed by atoms with Crippen molar-refractivity contribution in [1.82, 2.24) is 10.2 Å². The predicted octanol–water partition coefficient (Wildman–Crippen LogP) is 2.25. The van der Waals surface area contributed by atoms with Crippen molar-refractivity contribution in [3.05, 3.63) is 0 Å². The lowest BCUT2D eigenvalue weighted by molar-refractivity contribution is 0.133. The van der Waals surface area contributed by atoms with Crippen molar-refractivity contribution in [3.8, 4) is 0 Å². The van der Waals surface area contributed by atoms with Crippen LogP contribution in [0.25, 0.3) is 0 Å². The first-order valence-corrected chi connectivity index (χ1v) is 6.08. The molecule has 1 saturated carbocycles. The van der Waals surface area contributed by atoms with Gasteiger partial charge in [-0.15, -0.1) is 0 Å². The highest BCUT2D eigenvalue weighted by atomic mass is 15.2. The third-order valence-electron chi connectivity index (χ3n) is 3.97. The van der Waals surface area contributed by atoms with Gasteiger partial charge in [0.15, 0.2) is 0 Å². The second-order valence-corrected chi connectivity index (χ2v) is 4.72. The lowest BCUT2D eigenvalue weighted by Gasteiger charge is -2.37. The van der Waals surface area contributed by atoms with Gasteiger partial charge in [-0.05, 0) is 53.1 Å². The van der Waals surface area contributed by atoms with E-state index in [1.165, 1.54) is 32.1 Å². The smallest absolute Gasteiger partial charge is 0.00961 e. The van der Waals surface area contributed by atoms with Gasteiger partial charge < -0.3 is 10.2 Å². The molecule has 0 aromatic heterocycles. The summed E-state index contributed by atoms with van der Waals surface area (Å²) in [5, 5.41) is 3.39. The molecule has 0 spiro atoms. The van der Waals surface area contributed by atoms with E-state index in [0.717, 1.165) is 18.1 Å². The Morgan fingerprint density at radius 3 is 2.29 bits per heavy atom. The Bertz CT molecular complexity index is 150. The fraction of sp³-hybridized carbons (Fsp3) is 1.00. The molecule has 14 heavy (non-hydrogen) atoms. The molecule has 1 aliphatic carbocycles. The topological polar surface area (TPSA) is 15.3 Å². The fourth-order valence-electron chi connectivity index (χ4n) is 2.42. The lowest BCUT2D eigenvalue weighted by atomic mass is 9.90. The van der Waals surface area contributed by atoms with E-state index in [0.29, 0.717) is 0 Å². The van der Waals surface area contributed by atoms with Crippen LogP contribution in [0.2, 0.25) is 0 Å². The maximum absolute atomic E-state index is 3.39. The van der Waals surface area contributed by atoms with E-state index in [1.807, 2.05) is 0 Å². The van der Waals surface area contributed by atoms with Crippen LogP contribution >= 0.6 is 0 Å². The van der Waals surface area contributed by atoms with Gasteiger partial charge in [-0.2, -0.15) is 0 Å². The van der Waals surface area contributed by atoms with E-state index in [9.17, 15) is 0 Å². The second kappa shape index (κ2) is 5.72. The average molecular weight is 198 g/mol. The van der Waals surface area contributed by atoms with E-state index < -0.39 is 0 Å². The van der Waals surface area contributed by atoms with Crippen LogP contribution in [0, 0.1) is 0 Å². The van der Waals surface area contributed by atoms with Crippen molar-refractivity contribution in [2.45, 2.75) is 64.1 Å². The molecule has 1 aliphatic rings. The van der Waals surface area contributed by atoms with Crippen LogP contribution in [-0.4, -0.2) is 37.1 Å². The van der Waals surface area contributed by atoms with Crippen LogP contribution in [0.5, 0.6) is 0 Å². The number of rotatable bonds is 4. The standard InChI is InChI=1S/C12H26N2/c1-5-10(2)14(4)12-8-6-11(13-3)7-9-12/h10-13H,5-9H2,1-4H3. The normalized spacial score (nSPS) is 30.6. The summed E-state index contributed by atoms with van der Waals surface area (Å²) in [6.07, 6.45) is 6.70. The second-order valence-electron chi connectivity index (χ2n) is 4.72. The van der Waals surface area contributed by atoms with Crippen LogP contribution < -0.4 is 5.32 Å². The predicted molar refractivity (Wildman–Crippen MR) is 62.6 cm³/mol. The highest BCUT2D eigenvalue weighted by molar-refractivity contribution is 4.82. The summed E-state index contributed by atoms with van der Waals surface area (Å²) in [6.45, 7) is 4.62. The number of hydrogen-bond donors (Lipinski definition) is 1. The van der Waals surface area contributed by atoms with Gasteiger partial charge in [0.2, 0.25) is 0 Å². The number of nitrogens with zero attached hydrogens (tertiary/aromatic N) is 1. The monoisotopic (exact) mass is 198 g/mol. The minimum atomic E-state index is 0.742. The van der Waals surface area contributed by atoms with Gasteiger partial charge in [0.05, 0.1) is 0 Å². The van der Waals surface area contributed by atoms with E-state index >= 15 is 0 Å². The molecule has 1 fully saturated rings. The molecule has 1 rings (SSSR count). The van der Waals surface area contributed by atoms with Gasteiger partial charge in [-0.1, -0.05) is 6.92 Å². The number of nitrogens with one attached hydrogen (secondary N) is 1. The van der Waals surface area contributed by atoms with Crippen LogP contribution in [0.3, 0.4) is 0 Å². The van der Waals surface area contributed by atoms with Crippen molar-refractivity contribution in [2.75, 3.05) is 14.1 Å². The molecule has 0 saturated heterocycles. The minimum Gasteiger partial charge on any atom is -0.317 e. The van der Waals surface area contributed by atoms with Crippen molar-refractivity contribution in [2.24, 2.45) is 0 Å². The lowest BCUT2D eigenvalue weighted by Crippen LogP contribution is -2.43. The van der Waals surface area contributed by atoms with Gasteiger partial charge >= 0.3 is 0 Å². The van der Waals surface area contributed by atoms with Crippen LogP contribution in [0.4, 0.5) is 0 Å². The molecule has 0 aliphatic heterocycles. The first kappa shape index (κ1) is 12.0. The fourth-order valence-corrected chi connectivity index (χ4v) is 2.42. The first-order chi connectivity index (χ1) is 6.69. The summed E-state index contributed by atoms with van der Waals surface area (Å²) in [5.74, 6) is 0. The Balaban J connectivity index is 2.33. The van der Waals surface area contributed by atoms with E-state index in [1.54, 1.807) is 0 Å². The SMILES string of the molecule is CCC(C)N(C)C1CCC(NC)CC1. The van der Waals surface area contributed by atoms with E-state index in [2.05, 4.69) is 38.2 Å². The Morgan fingerprint density at radius 1 is 1.29 bits per heavy atom. The molecule has 0 aromatic rings. The van der Waals surface area contributed by atoms with E-state index in [-0.39, 0.29) is 0 Å². The summed E-state index contributed by atoms with van der Waals surface area (Å²) in [6, 6.07) is 2.34. The summed E-state index contributed by atoms with van der Waals surface area (Å²) in [7, 11) is 4.38. The van der Waals surface area contributed by atoms with Gasteiger partial charge in [0.25, 0.3) is 0 Å². The highest BCUT2D eigenvalue weighted by Gasteiger charge is 2.24. The molecule has 2 nitrogen and oxygen atoms in total. The molecular weight excluding hydrogens is 172 g/mol. The minimum absolute atomic E-state index is 0.742. The molecule has 0 amide bonds. The number of hydrogen-bond acceptors (Lipinski definition) is 2. The summed E-state index contributed by atoms with van der Waals surface area (Å²) in [5.41, 5.74) is 0. The molecule has 1 atom stereocenters. The Kier molecular flexibility index (Phi) is 4.90. The van der Waals surface area contributed by atoms with Crippen LogP contribution in [-0.2, 0) is 0 Å². The molecule has 2 heteroatoms. The van der Waals surface area contributed by atoms with Crippen molar-refractivity contribution >= 4 is 0 Å². The molecular formula is C12H26N2. The van der Waals surface area contributed by atoms with Crippen LogP contribution in [0.1, 0.15) is 46.0 Å². The Morgan fingerprint density at radius 2 is 1.86 bits per heavy atom. The molecule has 84 valence electrons. The molecule has 0 radical (unpaired) electrons. The molecule has 0 bridgehead atoms. The molecule has 0 aromatic carbocycles. The molecule has 1 unspecified atom stereocenters. The largest absolute Gasteiger partial charge is 0.317 e. The zero-order valence-corrected chi connectivity index (χ0v) is 10.2. The van der Waals surface area contributed by atoms with Gasteiger partial charge in [-0.3, -0.25) is 0 Å².